The van der Waals surface area contributed by atoms with Crippen molar-refractivity contribution in [2.45, 2.75) is 64.1 Å². The summed E-state index contributed by atoms with van der Waals surface area (Å²) >= 11 is 4.01. The topological polar surface area (TPSA) is 0 Å². The molecule has 0 bridgehead atoms. The van der Waals surface area contributed by atoms with Gasteiger partial charge in [0.2, 0.25) is 0 Å². The van der Waals surface area contributed by atoms with E-state index in [-0.39, 0.29) is 0 Å². The van der Waals surface area contributed by atoms with Gasteiger partial charge < -0.3 is 0 Å². The minimum atomic E-state index is 0.500. The van der Waals surface area contributed by atoms with Crippen LogP contribution in [0.25, 0.3) is 0 Å². The molecule has 106 valence electrons. The van der Waals surface area contributed by atoms with E-state index in [1.807, 2.05) is 0 Å². The van der Waals surface area contributed by atoms with Crippen LogP contribution < -0.4 is 0 Å². The molecule has 1 aromatic carbocycles. The van der Waals surface area contributed by atoms with Gasteiger partial charge in [0.25, 0.3) is 0 Å². The Morgan fingerprint density at radius 1 is 1.11 bits per heavy atom. The second-order valence-corrected chi connectivity index (χ2v) is 7.54. The highest BCUT2D eigenvalue weighted by atomic mass is 79.9. The van der Waals surface area contributed by atoms with Crippen LogP contribution in [0.4, 0.5) is 0 Å². The summed E-state index contributed by atoms with van der Waals surface area (Å²) in [6.45, 7) is 6.92. The molecule has 1 saturated carbocycles. The van der Waals surface area contributed by atoms with Gasteiger partial charge in [-0.1, -0.05) is 73.8 Å². The molecule has 1 aliphatic rings. The molecule has 0 heterocycles. The fraction of sp³-hybridized carbons (Fsp3) is 0.667. The van der Waals surface area contributed by atoms with E-state index in [1.54, 1.807) is 0 Å². The maximum Gasteiger partial charge on any atom is 0.0451 e. The number of halogens is 1. The third kappa shape index (κ3) is 3.42. The molecular formula is C18H27Br. The van der Waals surface area contributed by atoms with E-state index in [2.05, 4.69) is 61.0 Å². The molecule has 2 rings (SSSR count). The quantitative estimate of drug-likeness (QED) is 0.558. The summed E-state index contributed by atoms with van der Waals surface area (Å²) in [5, 5.41) is 0. The van der Waals surface area contributed by atoms with Gasteiger partial charge in [0.15, 0.2) is 0 Å². The second-order valence-electron chi connectivity index (χ2n) is 6.63. The smallest absolute Gasteiger partial charge is 0.0451 e. The van der Waals surface area contributed by atoms with Crippen molar-refractivity contribution in [1.29, 1.82) is 0 Å². The van der Waals surface area contributed by atoms with E-state index in [4.69, 9.17) is 0 Å². The Hall–Kier alpha value is -0.300. The number of hydrogen-bond acceptors (Lipinski definition) is 0. The zero-order valence-corrected chi connectivity index (χ0v) is 14.2. The van der Waals surface area contributed by atoms with E-state index in [0.717, 1.165) is 5.92 Å². The second kappa shape index (κ2) is 6.43. The highest BCUT2D eigenvalue weighted by molar-refractivity contribution is 9.09. The van der Waals surface area contributed by atoms with Gasteiger partial charge in [-0.15, -0.1) is 0 Å². The summed E-state index contributed by atoms with van der Waals surface area (Å²) in [4.78, 5) is 0.528. The van der Waals surface area contributed by atoms with Crippen LogP contribution in [0.5, 0.6) is 0 Å². The Morgan fingerprint density at radius 3 is 2.16 bits per heavy atom. The molecule has 0 amide bonds. The molecule has 19 heavy (non-hydrogen) atoms. The summed E-state index contributed by atoms with van der Waals surface area (Å²) in [6.07, 6.45) is 8.05. The van der Waals surface area contributed by atoms with Crippen molar-refractivity contribution in [3.05, 3.63) is 35.4 Å². The molecule has 0 spiro atoms. The lowest BCUT2D eigenvalue weighted by molar-refractivity contribution is 0.279. The zero-order valence-electron chi connectivity index (χ0n) is 12.6. The van der Waals surface area contributed by atoms with E-state index >= 15 is 0 Å². The van der Waals surface area contributed by atoms with Crippen LogP contribution in [0.1, 0.15) is 68.8 Å². The molecule has 1 heteroatoms. The molecule has 1 fully saturated rings. The largest absolute Gasteiger partial charge is 0.0833 e. The first-order valence-corrected chi connectivity index (χ1v) is 8.72. The molecule has 0 aromatic heterocycles. The van der Waals surface area contributed by atoms with Crippen LogP contribution in [-0.4, -0.2) is 0 Å². The SMILES string of the molecule is CCC1(C(Br)c2ccc(CC(C)C)cc2)CCCC1. The van der Waals surface area contributed by atoms with Crippen LogP contribution in [0, 0.1) is 11.3 Å². The van der Waals surface area contributed by atoms with Gasteiger partial charge in [0.1, 0.15) is 0 Å². The Balaban J connectivity index is 2.12. The van der Waals surface area contributed by atoms with Crippen LogP contribution in [0.3, 0.4) is 0 Å². The molecule has 1 aliphatic carbocycles. The molecule has 0 radical (unpaired) electrons. The zero-order chi connectivity index (χ0) is 13.9. The lowest BCUT2D eigenvalue weighted by Crippen LogP contribution is -2.21. The fourth-order valence-corrected chi connectivity index (χ4v) is 4.60. The van der Waals surface area contributed by atoms with Gasteiger partial charge in [0.05, 0.1) is 0 Å². The van der Waals surface area contributed by atoms with Crippen molar-refractivity contribution in [2.24, 2.45) is 11.3 Å². The number of rotatable bonds is 5. The highest BCUT2D eigenvalue weighted by Gasteiger charge is 2.39. The normalized spacial score (nSPS) is 19.8. The van der Waals surface area contributed by atoms with Gasteiger partial charge in [-0.25, -0.2) is 0 Å². The lowest BCUT2D eigenvalue weighted by Gasteiger charge is -2.33. The third-order valence-corrected chi connectivity index (χ3v) is 6.26. The summed E-state index contributed by atoms with van der Waals surface area (Å²) in [5.41, 5.74) is 3.44. The first-order valence-electron chi connectivity index (χ1n) is 7.80. The number of alkyl halides is 1. The standard InChI is InChI=1S/C18H27Br/c1-4-18(11-5-6-12-18)17(19)16-9-7-15(8-10-16)13-14(2)3/h7-10,14,17H,4-6,11-13H2,1-3H3. The molecular weight excluding hydrogens is 296 g/mol. The van der Waals surface area contributed by atoms with Crippen LogP contribution in [0.15, 0.2) is 24.3 Å². The first-order chi connectivity index (χ1) is 9.07. The summed E-state index contributed by atoms with van der Waals surface area (Å²) < 4.78 is 0. The molecule has 0 N–H and O–H groups in total. The van der Waals surface area contributed by atoms with Crippen LogP contribution in [0.2, 0.25) is 0 Å². The number of hydrogen-bond donors (Lipinski definition) is 0. The highest BCUT2D eigenvalue weighted by Crippen LogP contribution is 2.53. The Labute approximate surface area is 127 Å². The van der Waals surface area contributed by atoms with Crippen LogP contribution in [-0.2, 0) is 6.42 Å². The predicted octanol–water partition coefficient (Wildman–Crippen LogP) is 6.29. The first kappa shape index (κ1) is 15.1. The van der Waals surface area contributed by atoms with Crippen molar-refractivity contribution < 1.29 is 0 Å². The van der Waals surface area contributed by atoms with Crippen molar-refractivity contribution in [3.8, 4) is 0 Å². The maximum atomic E-state index is 4.01. The number of benzene rings is 1. The van der Waals surface area contributed by atoms with Gasteiger partial charge in [0, 0.05) is 4.83 Å². The average Bonchev–Trinajstić information content (AvgIpc) is 2.88. The van der Waals surface area contributed by atoms with Crippen LogP contribution >= 0.6 is 15.9 Å². The third-order valence-electron chi connectivity index (χ3n) is 4.76. The molecule has 0 aliphatic heterocycles. The Kier molecular flexibility index (Phi) is 5.11. The predicted molar refractivity (Wildman–Crippen MR) is 87.8 cm³/mol. The van der Waals surface area contributed by atoms with E-state index in [1.165, 1.54) is 49.7 Å². The minimum Gasteiger partial charge on any atom is -0.0833 e. The fourth-order valence-electron chi connectivity index (χ4n) is 3.51. The van der Waals surface area contributed by atoms with E-state index in [9.17, 15) is 0 Å². The van der Waals surface area contributed by atoms with Crippen molar-refractivity contribution in [1.82, 2.24) is 0 Å². The van der Waals surface area contributed by atoms with Crippen molar-refractivity contribution in [2.75, 3.05) is 0 Å². The molecule has 1 aromatic rings. The molecule has 1 atom stereocenters. The summed E-state index contributed by atoms with van der Waals surface area (Å²) in [6, 6.07) is 9.32. The van der Waals surface area contributed by atoms with Gasteiger partial charge in [-0.05, 0) is 48.1 Å². The van der Waals surface area contributed by atoms with E-state index in [0.29, 0.717) is 10.2 Å². The lowest BCUT2D eigenvalue weighted by atomic mass is 9.77. The minimum absolute atomic E-state index is 0.500. The van der Waals surface area contributed by atoms with Gasteiger partial charge >= 0.3 is 0 Å². The monoisotopic (exact) mass is 322 g/mol. The average molecular weight is 323 g/mol. The molecule has 1 unspecified atom stereocenters. The van der Waals surface area contributed by atoms with E-state index < -0.39 is 0 Å². The Bertz CT molecular complexity index is 385. The Morgan fingerprint density at radius 2 is 1.68 bits per heavy atom. The van der Waals surface area contributed by atoms with Crippen molar-refractivity contribution >= 4 is 15.9 Å². The summed E-state index contributed by atoms with van der Waals surface area (Å²) in [5.74, 6) is 0.738. The maximum absolute atomic E-state index is 4.01. The van der Waals surface area contributed by atoms with Crippen molar-refractivity contribution in [3.63, 3.8) is 0 Å². The van der Waals surface area contributed by atoms with Gasteiger partial charge in [-0.2, -0.15) is 0 Å². The van der Waals surface area contributed by atoms with Gasteiger partial charge in [-0.3, -0.25) is 0 Å². The summed E-state index contributed by atoms with van der Waals surface area (Å²) in [7, 11) is 0. The molecule has 0 nitrogen and oxygen atoms in total. The molecule has 0 saturated heterocycles.